The highest BCUT2D eigenvalue weighted by molar-refractivity contribution is 9.10. The number of halogens is 1. The van der Waals surface area contributed by atoms with E-state index in [2.05, 4.69) is 15.9 Å². The molecular formula is C14H20BrNO2. The lowest BCUT2D eigenvalue weighted by Gasteiger charge is -2.18. The van der Waals surface area contributed by atoms with Crippen LogP contribution in [0.15, 0.2) is 28.7 Å². The Bertz CT molecular complexity index is 355. The van der Waals surface area contributed by atoms with Crippen molar-refractivity contribution in [2.75, 3.05) is 19.8 Å². The zero-order valence-electron chi connectivity index (χ0n) is 10.5. The molecule has 1 aromatic carbocycles. The zero-order chi connectivity index (χ0) is 12.8. The Balaban J connectivity index is 1.65. The van der Waals surface area contributed by atoms with Crippen LogP contribution in [-0.4, -0.2) is 25.9 Å². The molecule has 0 bridgehead atoms. The van der Waals surface area contributed by atoms with Crippen LogP contribution in [-0.2, 0) is 4.74 Å². The minimum atomic E-state index is 0.337. The lowest BCUT2D eigenvalue weighted by molar-refractivity contribution is 0.0141. The second-order valence-corrected chi connectivity index (χ2v) is 5.55. The summed E-state index contributed by atoms with van der Waals surface area (Å²) in [6.45, 7) is 1.96. The number of benzene rings is 1. The first kappa shape index (κ1) is 13.8. The molecule has 2 unspecified atom stereocenters. The van der Waals surface area contributed by atoms with Crippen molar-refractivity contribution in [3.05, 3.63) is 28.7 Å². The number of hydrogen-bond donors (Lipinski definition) is 1. The normalized spacial score (nSPS) is 23.2. The van der Waals surface area contributed by atoms with E-state index in [0.717, 1.165) is 23.2 Å². The van der Waals surface area contributed by atoms with Gasteiger partial charge in [-0.15, -0.1) is 0 Å². The van der Waals surface area contributed by atoms with Crippen molar-refractivity contribution in [1.29, 1.82) is 0 Å². The van der Waals surface area contributed by atoms with E-state index in [4.69, 9.17) is 15.2 Å². The summed E-state index contributed by atoms with van der Waals surface area (Å²) in [5.41, 5.74) is 5.72. The fourth-order valence-corrected chi connectivity index (χ4v) is 2.65. The minimum Gasteiger partial charge on any atom is -0.491 e. The zero-order valence-corrected chi connectivity index (χ0v) is 12.1. The molecule has 4 heteroatoms. The Kier molecular flexibility index (Phi) is 5.47. The van der Waals surface area contributed by atoms with Gasteiger partial charge in [0.2, 0.25) is 0 Å². The van der Waals surface area contributed by atoms with Crippen LogP contribution in [0.5, 0.6) is 5.75 Å². The van der Waals surface area contributed by atoms with E-state index in [9.17, 15) is 0 Å². The summed E-state index contributed by atoms with van der Waals surface area (Å²) >= 11 is 3.39. The van der Waals surface area contributed by atoms with Crippen LogP contribution in [0.1, 0.15) is 19.3 Å². The van der Waals surface area contributed by atoms with Gasteiger partial charge >= 0.3 is 0 Å². The second-order valence-electron chi connectivity index (χ2n) is 4.64. The van der Waals surface area contributed by atoms with E-state index in [1.807, 2.05) is 24.3 Å². The van der Waals surface area contributed by atoms with Gasteiger partial charge in [-0.1, -0.05) is 22.4 Å². The molecule has 0 heterocycles. The quantitative estimate of drug-likeness (QED) is 0.821. The highest BCUT2D eigenvalue weighted by Gasteiger charge is 2.26. The summed E-state index contributed by atoms with van der Waals surface area (Å²) in [5, 5.41) is 0. The number of nitrogens with two attached hydrogens (primary N) is 1. The van der Waals surface area contributed by atoms with E-state index in [1.54, 1.807) is 0 Å². The summed E-state index contributed by atoms with van der Waals surface area (Å²) < 4.78 is 12.5. The van der Waals surface area contributed by atoms with E-state index in [1.165, 1.54) is 12.8 Å². The average Bonchev–Trinajstić information content (AvgIpc) is 2.84. The fraction of sp³-hybridized carbons (Fsp3) is 0.571. The van der Waals surface area contributed by atoms with Gasteiger partial charge in [-0.25, -0.2) is 0 Å². The van der Waals surface area contributed by atoms with Crippen LogP contribution in [0.3, 0.4) is 0 Å². The number of hydrogen-bond acceptors (Lipinski definition) is 3. The molecule has 0 amide bonds. The standard InChI is InChI=1S/C14H20BrNO2/c15-12-4-6-13(7-5-12)17-8-9-18-14-3-1-2-11(14)10-16/h4-7,11,14H,1-3,8-10,16H2. The maximum absolute atomic E-state index is 5.84. The number of rotatable bonds is 6. The third kappa shape index (κ3) is 3.97. The first-order valence-electron chi connectivity index (χ1n) is 6.49. The van der Waals surface area contributed by atoms with Crippen molar-refractivity contribution in [1.82, 2.24) is 0 Å². The maximum Gasteiger partial charge on any atom is 0.119 e. The molecule has 100 valence electrons. The Hall–Kier alpha value is -0.580. The average molecular weight is 314 g/mol. The summed E-state index contributed by atoms with van der Waals surface area (Å²) in [7, 11) is 0. The van der Waals surface area contributed by atoms with Crippen molar-refractivity contribution in [3.8, 4) is 5.75 Å². The predicted molar refractivity (Wildman–Crippen MR) is 75.8 cm³/mol. The van der Waals surface area contributed by atoms with E-state index < -0.39 is 0 Å². The Morgan fingerprint density at radius 1 is 1.17 bits per heavy atom. The van der Waals surface area contributed by atoms with E-state index in [-0.39, 0.29) is 0 Å². The summed E-state index contributed by atoms with van der Waals surface area (Å²) in [5.74, 6) is 1.42. The molecule has 0 saturated heterocycles. The van der Waals surface area contributed by atoms with E-state index >= 15 is 0 Å². The van der Waals surface area contributed by atoms with Gasteiger partial charge in [-0.05, 0) is 49.6 Å². The fourth-order valence-electron chi connectivity index (χ4n) is 2.38. The molecule has 0 spiro atoms. The molecule has 1 fully saturated rings. The molecule has 0 aromatic heterocycles. The lowest BCUT2D eigenvalue weighted by Crippen LogP contribution is -2.26. The van der Waals surface area contributed by atoms with E-state index in [0.29, 0.717) is 25.2 Å². The molecule has 0 radical (unpaired) electrons. The molecule has 2 N–H and O–H groups in total. The summed E-state index contributed by atoms with van der Waals surface area (Å²) in [6, 6.07) is 7.83. The van der Waals surface area contributed by atoms with Crippen molar-refractivity contribution in [2.24, 2.45) is 11.7 Å². The molecule has 3 nitrogen and oxygen atoms in total. The molecule has 1 aromatic rings. The van der Waals surface area contributed by atoms with Crippen molar-refractivity contribution >= 4 is 15.9 Å². The van der Waals surface area contributed by atoms with Gasteiger partial charge in [0.1, 0.15) is 12.4 Å². The highest BCUT2D eigenvalue weighted by Crippen LogP contribution is 2.27. The van der Waals surface area contributed by atoms with Crippen LogP contribution in [0.4, 0.5) is 0 Å². The third-order valence-electron chi connectivity index (χ3n) is 3.39. The Morgan fingerprint density at radius 3 is 2.67 bits per heavy atom. The molecule has 2 rings (SSSR count). The van der Waals surface area contributed by atoms with Crippen molar-refractivity contribution in [2.45, 2.75) is 25.4 Å². The molecule has 18 heavy (non-hydrogen) atoms. The monoisotopic (exact) mass is 313 g/mol. The Labute approximate surface area is 117 Å². The SMILES string of the molecule is NCC1CCCC1OCCOc1ccc(Br)cc1. The molecule has 1 saturated carbocycles. The van der Waals surface area contributed by atoms with Crippen LogP contribution in [0, 0.1) is 5.92 Å². The van der Waals surface area contributed by atoms with Crippen LogP contribution < -0.4 is 10.5 Å². The first-order valence-corrected chi connectivity index (χ1v) is 7.29. The minimum absolute atomic E-state index is 0.337. The topological polar surface area (TPSA) is 44.5 Å². The first-order chi connectivity index (χ1) is 8.79. The van der Waals surface area contributed by atoms with Gasteiger partial charge in [0.05, 0.1) is 12.7 Å². The summed E-state index contributed by atoms with van der Waals surface area (Å²) in [4.78, 5) is 0. The number of ether oxygens (including phenoxy) is 2. The van der Waals surface area contributed by atoms with Gasteiger partial charge in [0.15, 0.2) is 0 Å². The smallest absolute Gasteiger partial charge is 0.119 e. The lowest BCUT2D eigenvalue weighted by atomic mass is 10.1. The Morgan fingerprint density at radius 2 is 1.94 bits per heavy atom. The van der Waals surface area contributed by atoms with Gasteiger partial charge in [-0.2, -0.15) is 0 Å². The van der Waals surface area contributed by atoms with Gasteiger partial charge in [-0.3, -0.25) is 0 Å². The summed E-state index contributed by atoms with van der Waals surface area (Å²) in [6.07, 6.45) is 3.91. The van der Waals surface area contributed by atoms with Gasteiger partial charge < -0.3 is 15.2 Å². The van der Waals surface area contributed by atoms with Gasteiger partial charge in [0, 0.05) is 4.47 Å². The molecule has 1 aliphatic rings. The van der Waals surface area contributed by atoms with Crippen molar-refractivity contribution in [3.63, 3.8) is 0 Å². The molecule has 0 aliphatic heterocycles. The maximum atomic E-state index is 5.84. The third-order valence-corrected chi connectivity index (χ3v) is 3.92. The predicted octanol–water partition coefficient (Wildman–Crippen LogP) is 2.97. The van der Waals surface area contributed by atoms with Crippen LogP contribution in [0.25, 0.3) is 0 Å². The second kappa shape index (κ2) is 7.12. The molecular weight excluding hydrogens is 294 g/mol. The van der Waals surface area contributed by atoms with Crippen molar-refractivity contribution < 1.29 is 9.47 Å². The van der Waals surface area contributed by atoms with Crippen LogP contribution in [0.2, 0.25) is 0 Å². The largest absolute Gasteiger partial charge is 0.491 e. The highest BCUT2D eigenvalue weighted by atomic mass is 79.9. The van der Waals surface area contributed by atoms with Crippen LogP contribution >= 0.6 is 15.9 Å². The van der Waals surface area contributed by atoms with Gasteiger partial charge in [0.25, 0.3) is 0 Å². The molecule has 1 aliphatic carbocycles. The molecule has 2 atom stereocenters.